The van der Waals surface area contributed by atoms with E-state index in [9.17, 15) is 9.59 Å². The third-order valence-corrected chi connectivity index (χ3v) is 1.85. The molecular formula is C10H15N3O3. The van der Waals surface area contributed by atoms with E-state index in [2.05, 4.69) is 10.6 Å². The van der Waals surface area contributed by atoms with Gasteiger partial charge in [-0.15, -0.1) is 0 Å². The molecule has 0 bridgehead atoms. The molecule has 1 aromatic heterocycles. The minimum absolute atomic E-state index is 0.134. The van der Waals surface area contributed by atoms with Gasteiger partial charge in [0.05, 0.1) is 6.26 Å². The van der Waals surface area contributed by atoms with Crippen molar-refractivity contribution in [2.45, 2.75) is 6.42 Å². The lowest BCUT2D eigenvalue weighted by atomic mass is 10.3. The molecule has 0 unspecified atom stereocenters. The van der Waals surface area contributed by atoms with Gasteiger partial charge in [0.2, 0.25) is 5.91 Å². The van der Waals surface area contributed by atoms with Crippen LogP contribution in [0.4, 0.5) is 0 Å². The number of nitrogens with two attached hydrogens (primary N) is 1. The highest BCUT2D eigenvalue weighted by Crippen LogP contribution is 1.98. The zero-order valence-electron chi connectivity index (χ0n) is 8.86. The van der Waals surface area contributed by atoms with E-state index in [-0.39, 0.29) is 30.5 Å². The first-order valence-electron chi connectivity index (χ1n) is 5.02. The maximum absolute atomic E-state index is 11.3. The number of nitrogens with one attached hydrogen (secondary N) is 2. The quantitative estimate of drug-likeness (QED) is 0.606. The molecule has 0 spiro atoms. The number of carbonyl (C=O) groups is 2. The number of hydrogen-bond acceptors (Lipinski definition) is 4. The summed E-state index contributed by atoms with van der Waals surface area (Å²) in [6.07, 6.45) is 1.65. The number of rotatable bonds is 6. The predicted molar refractivity (Wildman–Crippen MR) is 57.7 cm³/mol. The van der Waals surface area contributed by atoms with Crippen LogP contribution in [0.15, 0.2) is 22.8 Å². The summed E-state index contributed by atoms with van der Waals surface area (Å²) in [4.78, 5) is 22.5. The molecule has 0 saturated heterocycles. The second-order valence-corrected chi connectivity index (χ2v) is 3.12. The molecule has 2 amide bonds. The normalized spacial score (nSPS) is 9.81. The first-order chi connectivity index (χ1) is 7.74. The van der Waals surface area contributed by atoms with Crippen molar-refractivity contribution in [3.05, 3.63) is 24.2 Å². The van der Waals surface area contributed by atoms with E-state index < -0.39 is 0 Å². The Bertz CT molecular complexity index is 335. The SMILES string of the molecule is NCCNC(=O)CCNC(=O)c1ccco1. The van der Waals surface area contributed by atoms with Gasteiger partial charge in [-0.1, -0.05) is 0 Å². The molecule has 0 radical (unpaired) electrons. The molecule has 16 heavy (non-hydrogen) atoms. The fourth-order valence-electron chi connectivity index (χ4n) is 1.08. The standard InChI is InChI=1S/C10H15N3O3/c11-4-6-12-9(14)3-5-13-10(15)8-2-1-7-16-8/h1-2,7H,3-6,11H2,(H,12,14)(H,13,15). The van der Waals surface area contributed by atoms with Crippen molar-refractivity contribution in [2.24, 2.45) is 5.73 Å². The van der Waals surface area contributed by atoms with Crippen LogP contribution in [0.1, 0.15) is 17.0 Å². The second-order valence-electron chi connectivity index (χ2n) is 3.12. The van der Waals surface area contributed by atoms with Crippen LogP contribution < -0.4 is 16.4 Å². The van der Waals surface area contributed by atoms with Crippen LogP contribution in [0.25, 0.3) is 0 Å². The summed E-state index contributed by atoms with van der Waals surface area (Å²) in [6.45, 7) is 1.13. The van der Waals surface area contributed by atoms with Crippen molar-refractivity contribution in [1.82, 2.24) is 10.6 Å². The Morgan fingerprint density at radius 2 is 2.12 bits per heavy atom. The highest BCUT2D eigenvalue weighted by molar-refractivity contribution is 5.91. The molecule has 0 aliphatic heterocycles. The summed E-state index contributed by atoms with van der Waals surface area (Å²) in [6, 6.07) is 3.19. The van der Waals surface area contributed by atoms with E-state index in [1.165, 1.54) is 6.26 Å². The van der Waals surface area contributed by atoms with E-state index in [4.69, 9.17) is 10.2 Å². The molecule has 0 saturated carbocycles. The van der Waals surface area contributed by atoms with E-state index in [1.807, 2.05) is 0 Å². The topological polar surface area (TPSA) is 97.4 Å². The van der Waals surface area contributed by atoms with Crippen molar-refractivity contribution in [3.63, 3.8) is 0 Å². The molecule has 0 aliphatic rings. The lowest BCUT2D eigenvalue weighted by Crippen LogP contribution is -2.33. The molecular weight excluding hydrogens is 210 g/mol. The molecule has 1 aromatic rings. The minimum atomic E-state index is -0.323. The maximum atomic E-state index is 11.3. The summed E-state index contributed by atoms with van der Waals surface area (Å²) in [5.41, 5.74) is 5.22. The molecule has 88 valence electrons. The average Bonchev–Trinajstić information content (AvgIpc) is 2.79. The first kappa shape index (κ1) is 12.3. The Morgan fingerprint density at radius 3 is 2.75 bits per heavy atom. The Kier molecular flexibility index (Phi) is 5.07. The smallest absolute Gasteiger partial charge is 0.286 e. The van der Waals surface area contributed by atoms with Crippen LogP contribution in [0.2, 0.25) is 0 Å². The summed E-state index contributed by atoms with van der Waals surface area (Å²) in [5, 5.41) is 5.17. The number of hydrogen-bond donors (Lipinski definition) is 3. The second kappa shape index (κ2) is 6.62. The molecule has 0 atom stereocenters. The van der Waals surface area contributed by atoms with Crippen molar-refractivity contribution in [2.75, 3.05) is 19.6 Å². The lowest BCUT2D eigenvalue weighted by molar-refractivity contribution is -0.120. The van der Waals surface area contributed by atoms with E-state index in [0.29, 0.717) is 13.1 Å². The van der Waals surface area contributed by atoms with Gasteiger partial charge in [0.15, 0.2) is 5.76 Å². The summed E-state index contributed by atoms with van der Waals surface area (Å²) in [7, 11) is 0. The van der Waals surface area contributed by atoms with Crippen molar-refractivity contribution >= 4 is 11.8 Å². The van der Waals surface area contributed by atoms with Gasteiger partial charge in [0.1, 0.15) is 0 Å². The predicted octanol–water partition coefficient (Wildman–Crippen LogP) is -0.526. The van der Waals surface area contributed by atoms with Crippen LogP contribution in [0, 0.1) is 0 Å². The minimum Gasteiger partial charge on any atom is -0.459 e. The number of furan rings is 1. The van der Waals surface area contributed by atoms with Crippen LogP contribution in [-0.4, -0.2) is 31.4 Å². The maximum Gasteiger partial charge on any atom is 0.286 e. The largest absolute Gasteiger partial charge is 0.459 e. The van der Waals surface area contributed by atoms with Crippen LogP contribution in [0.5, 0.6) is 0 Å². The average molecular weight is 225 g/mol. The Labute approximate surface area is 93.2 Å². The van der Waals surface area contributed by atoms with E-state index >= 15 is 0 Å². The molecule has 6 heteroatoms. The van der Waals surface area contributed by atoms with E-state index in [1.54, 1.807) is 12.1 Å². The van der Waals surface area contributed by atoms with Gasteiger partial charge in [-0.05, 0) is 12.1 Å². The van der Waals surface area contributed by atoms with Gasteiger partial charge in [-0.3, -0.25) is 9.59 Å². The lowest BCUT2D eigenvalue weighted by Gasteiger charge is -2.04. The Balaban J connectivity index is 2.16. The first-order valence-corrected chi connectivity index (χ1v) is 5.02. The molecule has 1 heterocycles. The fraction of sp³-hybridized carbons (Fsp3) is 0.400. The van der Waals surface area contributed by atoms with Gasteiger partial charge >= 0.3 is 0 Å². The van der Waals surface area contributed by atoms with Gasteiger partial charge in [-0.2, -0.15) is 0 Å². The molecule has 0 aliphatic carbocycles. The van der Waals surface area contributed by atoms with Gasteiger partial charge in [0.25, 0.3) is 5.91 Å². The van der Waals surface area contributed by atoms with Gasteiger partial charge < -0.3 is 20.8 Å². The molecule has 1 rings (SSSR count). The molecule has 0 aromatic carbocycles. The molecule has 0 fully saturated rings. The Hall–Kier alpha value is -1.82. The van der Waals surface area contributed by atoms with Crippen LogP contribution in [-0.2, 0) is 4.79 Å². The Morgan fingerprint density at radius 1 is 1.31 bits per heavy atom. The monoisotopic (exact) mass is 225 g/mol. The van der Waals surface area contributed by atoms with Gasteiger partial charge in [0, 0.05) is 26.1 Å². The number of carbonyl (C=O) groups excluding carboxylic acids is 2. The van der Waals surface area contributed by atoms with Crippen molar-refractivity contribution in [3.8, 4) is 0 Å². The van der Waals surface area contributed by atoms with Gasteiger partial charge in [-0.25, -0.2) is 0 Å². The summed E-state index contributed by atoms with van der Waals surface area (Å²) >= 11 is 0. The zero-order valence-corrected chi connectivity index (χ0v) is 8.86. The summed E-state index contributed by atoms with van der Waals surface area (Å²) in [5.74, 6) is -0.218. The van der Waals surface area contributed by atoms with Crippen molar-refractivity contribution < 1.29 is 14.0 Å². The molecule has 4 N–H and O–H groups in total. The molecule has 6 nitrogen and oxygen atoms in total. The highest BCUT2D eigenvalue weighted by atomic mass is 16.3. The van der Waals surface area contributed by atoms with Crippen LogP contribution >= 0.6 is 0 Å². The fourth-order valence-corrected chi connectivity index (χ4v) is 1.08. The zero-order chi connectivity index (χ0) is 11.8. The number of amides is 2. The van der Waals surface area contributed by atoms with Crippen LogP contribution in [0.3, 0.4) is 0 Å². The third-order valence-electron chi connectivity index (χ3n) is 1.85. The third kappa shape index (κ3) is 4.14. The highest BCUT2D eigenvalue weighted by Gasteiger charge is 2.08. The summed E-state index contributed by atoms with van der Waals surface area (Å²) < 4.78 is 4.89. The van der Waals surface area contributed by atoms with Crippen molar-refractivity contribution in [1.29, 1.82) is 0 Å². The van der Waals surface area contributed by atoms with E-state index in [0.717, 1.165) is 0 Å².